The van der Waals surface area contributed by atoms with Crippen LogP contribution in [0, 0.1) is 29.1 Å². The number of hydrogen-bond donors (Lipinski definition) is 1. The maximum atomic E-state index is 3.91. The van der Waals surface area contributed by atoms with Crippen molar-refractivity contribution >= 4 is 0 Å². The number of nitrogens with one attached hydrogen (secondary N) is 1. The third kappa shape index (κ3) is 1.54. The first-order valence-electron chi connectivity index (χ1n) is 8.02. The average Bonchev–Trinajstić information content (AvgIpc) is 2.75. The van der Waals surface area contributed by atoms with Gasteiger partial charge < -0.3 is 5.32 Å². The molecule has 1 saturated heterocycles. The lowest BCUT2D eigenvalue weighted by Gasteiger charge is -2.60. The van der Waals surface area contributed by atoms with Gasteiger partial charge in [-0.3, -0.25) is 0 Å². The summed E-state index contributed by atoms with van der Waals surface area (Å²) in [4.78, 5) is 0. The lowest BCUT2D eigenvalue weighted by Crippen LogP contribution is -2.55. The minimum Gasteiger partial charge on any atom is -0.313 e. The van der Waals surface area contributed by atoms with Gasteiger partial charge in [-0.05, 0) is 80.6 Å². The van der Waals surface area contributed by atoms with Gasteiger partial charge in [0.2, 0.25) is 0 Å². The highest BCUT2D eigenvalue weighted by molar-refractivity contribution is 5.08. The van der Waals surface area contributed by atoms with E-state index >= 15 is 0 Å². The first kappa shape index (κ1) is 10.8. The van der Waals surface area contributed by atoms with Crippen LogP contribution in [0.15, 0.2) is 0 Å². The molecule has 2 unspecified atom stereocenters. The van der Waals surface area contributed by atoms with E-state index in [1.165, 1.54) is 19.4 Å². The van der Waals surface area contributed by atoms with Crippen molar-refractivity contribution in [2.45, 2.75) is 64.3 Å². The smallest absolute Gasteiger partial charge is 0.0152 e. The van der Waals surface area contributed by atoms with Crippen molar-refractivity contribution in [2.24, 2.45) is 29.1 Å². The van der Waals surface area contributed by atoms with Crippen LogP contribution < -0.4 is 5.32 Å². The van der Waals surface area contributed by atoms with Gasteiger partial charge >= 0.3 is 0 Å². The van der Waals surface area contributed by atoms with E-state index in [9.17, 15) is 0 Å². The third-order valence-corrected chi connectivity index (χ3v) is 6.62. The zero-order valence-corrected chi connectivity index (χ0v) is 11.3. The maximum absolute atomic E-state index is 3.91. The molecule has 0 aromatic carbocycles. The fourth-order valence-electron chi connectivity index (χ4n) is 6.47. The molecule has 0 spiro atoms. The first-order valence-corrected chi connectivity index (χ1v) is 8.02. The topological polar surface area (TPSA) is 12.0 Å². The Kier molecular flexibility index (Phi) is 2.38. The molecule has 2 atom stereocenters. The summed E-state index contributed by atoms with van der Waals surface area (Å²) in [6, 6.07) is 0.890. The molecule has 5 rings (SSSR count). The van der Waals surface area contributed by atoms with Crippen LogP contribution in [0.25, 0.3) is 0 Å². The van der Waals surface area contributed by atoms with Crippen molar-refractivity contribution in [3.8, 4) is 0 Å². The van der Waals surface area contributed by atoms with E-state index in [1.807, 2.05) is 0 Å². The Morgan fingerprint density at radius 2 is 1.59 bits per heavy atom. The SMILES string of the molecule is CCC1CCNC1C12CC3CC(CC(C3)C1)C2. The van der Waals surface area contributed by atoms with Crippen molar-refractivity contribution in [1.82, 2.24) is 5.32 Å². The molecule has 96 valence electrons. The second-order valence-electron chi connectivity index (χ2n) is 7.67. The van der Waals surface area contributed by atoms with Crippen molar-refractivity contribution < 1.29 is 0 Å². The van der Waals surface area contributed by atoms with Crippen LogP contribution in [-0.4, -0.2) is 12.6 Å². The van der Waals surface area contributed by atoms with Gasteiger partial charge in [0.05, 0.1) is 0 Å². The van der Waals surface area contributed by atoms with E-state index < -0.39 is 0 Å². The normalized spacial score (nSPS) is 56.6. The zero-order valence-electron chi connectivity index (χ0n) is 11.3. The molecule has 1 heterocycles. The molecule has 4 saturated carbocycles. The quantitative estimate of drug-likeness (QED) is 0.768. The van der Waals surface area contributed by atoms with Crippen LogP contribution >= 0.6 is 0 Å². The molecule has 0 amide bonds. The highest BCUT2D eigenvalue weighted by Crippen LogP contribution is 2.62. The molecule has 0 radical (unpaired) electrons. The molecule has 0 aromatic rings. The van der Waals surface area contributed by atoms with Crippen LogP contribution in [-0.2, 0) is 0 Å². The van der Waals surface area contributed by atoms with Crippen molar-refractivity contribution in [2.75, 3.05) is 6.54 Å². The molecule has 4 bridgehead atoms. The van der Waals surface area contributed by atoms with E-state index in [4.69, 9.17) is 0 Å². The van der Waals surface area contributed by atoms with Gasteiger partial charge in [-0.2, -0.15) is 0 Å². The first-order chi connectivity index (χ1) is 8.29. The van der Waals surface area contributed by atoms with Crippen LogP contribution in [0.3, 0.4) is 0 Å². The molecule has 17 heavy (non-hydrogen) atoms. The summed E-state index contributed by atoms with van der Waals surface area (Å²) in [6.07, 6.45) is 12.3. The summed E-state index contributed by atoms with van der Waals surface area (Å²) < 4.78 is 0. The Balaban J connectivity index is 1.63. The Morgan fingerprint density at radius 3 is 2.12 bits per heavy atom. The molecule has 1 N–H and O–H groups in total. The largest absolute Gasteiger partial charge is 0.313 e. The predicted octanol–water partition coefficient (Wildman–Crippen LogP) is 3.59. The maximum Gasteiger partial charge on any atom is 0.0152 e. The van der Waals surface area contributed by atoms with Gasteiger partial charge in [0.1, 0.15) is 0 Å². The molecule has 5 fully saturated rings. The minimum atomic E-state index is 0.742. The molecule has 0 aromatic heterocycles. The van der Waals surface area contributed by atoms with Crippen LogP contribution in [0.5, 0.6) is 0 Å². The number of hydrogen-bond acceptors (Lipinski definition) is 1. The predicted molar refractivity (Wildman–Crippen MR) is 70.8 cm³/mol. The molecule has 5 aliphatic rings. The Hall–Kier alpha value is -0.0400. The van der Waals surface area contributed by atoms with E-state index in [0.717, 1.165) is 35.1 Å². The van der Waals surface area contributed by atoms with Crippen LogP contribution in [0.4, 0.5) is 0 Å². The van der Waals surface area contributed by atoms with E-state index in [1.54, 1.807) is 38.5 Å². The zero-order chi connectivity index (χ0) is 11.5. The summed E-state index contributed by atoms with van der Waals surface area (Å²) in [5.74, 6) is 4.33. The fourth-order valence-corrected chi connectivity index (χ4v) is 6.47. The van der Waals surface area contributed by atoms with Crippen LogP contribution in [0.2, 0.25) is 0 Å². The molecule has 1 aliphatic heterocycles. The average molecular weight is 233 g/mol. The van der Waals surface area contributed by atoms with Crippen molar-refractivity contribution in [1.29, 1.82) is 0 Å². The minimum absolute atomic E-state index is 0.742. The second kappa shape index (κ2) is 3.73. The van der Waals surface area contributed by atoms with E-state index in [2.05, 4.69) is 12.2 Å². The van der Waals surface area contributed by atoms with Gasteiger partial charge in [0.15, 0.2) is 0 Å². The van der Waals surface area contributed by atoms with Gasteiger partial charge in [-0.25, -0.2) is 0 Å². The highest BCUT2D eigenvalue weighted by Gasteiger charge is 2.55. The third-order valence-electron chi connectivity index (χ3n) is 6.62. The molecular formula is C16H27N. The molecule has 4 aliphatic carbocycles. The standard InChI is InChI=1S/C16H27N/c1-2-14-3-4-17-15(14)16-8-11-5-12(9-16)7-13(6-11)10-16/h11-15,17H,2-10H2,1H3. The summed E-state index contributed by atoms with van der Waals surface area (Å²) in [5.41, 5.74) is 0.742. The van der Waals surface area contributed by atoms with Crippen molar-refractivity contribution in [3.63, 3.8) is 0 Å². The summed E-state index contributed by atoms with van der Waals surface area (Å²) >= 11 is 0. The Labute approximate surface area is 106 Å². The molecular weight excluding hydrogens is 206 g/mol. The van der Waals surface area contributed by atoms with Gasteiger partial charge in [-0.15, -0.1) is 0 Å². The second-order valence-corrected chi connectivity index (χ2v) is 7.67. The van der Waals surface area contributed by atoms with Gasteiger partial charge in [-0.1, -0.05) is 13.3 Å². The lowest BCUT2D eigenvalue weighted by molar-refractivity contribution is -0.0784. The number of rotatable bonds is 2. The van der Waals surface area contributed by atoms with Gasteiger partial charge in [0, 0.05) is 6.04 Å². The van der Waals surface area contributed by atoms with Gasteiger partial charge in [0.25, 0.3) is 0 Å². The highest BCUT2D eigenvalue weighted by atomic mass is 15.0. The summed E-state index contributed by atoms with van der Waals surface area (Å²) in [6.45, 7) is 3.70. The summed E-state index contributed by atoms with van der Waals surface area (Å²) in [7, 11) is 0. The lowest BCUT2D eigenvalue weighted by atomic mass is 9.47. The monoisotopic (exact) mass is 233 g/mol. The Bertz CT molecular complexity index is 273. The summed E-state index contributed by atoms with van der Waals surface area (Å²) in [5, 5.41) is 3.91. The Morgan fingerprint density at radius 1 is 1.00 bits per heavy atom. The van der Waals surface area contributed by atoms with E-state index in [-0.39, 0.29) is 0 Å². The van der Waals surface area contributed by atoms with E-state index in [0.29, 0.717) is 0 Å². The fraction of sp³-hybridized carbons (Fsp3) is 1.00. The van der Waals surface area contributed by atoms with Crippen LogP contribution in [0.1, 0.15) is 58.3 Å². The molecule has 1 heteroatoms. The molecule has 1 nitrogen and oxygen atoms in total. The van der Waals surface area contributed by atoms with Crippen molar-refractivity contribution in [3.05, 3.63) is 0 Å².